The highest BCUT2D eigenvalue weighted by Gasteiger charge is 2.20. The van der Waals surface area contributed by atoms with Gasteiger partial charge >= 0.3 is 0 Å². The Morgan fingerprint density at radius 1 is 1.42 bits per heavy atom. The van der Waals surface area contributed by atoms with E-state index in [4.69, 9.17) is 0 Å². The highest BCUT2D eigenvalue weighted by Crippen LogP contribution is 2.26. The lowest BCUT2D eigenvalue weighted by Crippen LogP contribution is -2.26. The summed E-state index contributed by atoms with van der Waals surface area (Å²) in [5.74, 6) is 0.725. The number of aromatic nitrogens is 2. The van der Waals surface area contributed by atoms with E-state index in [2.05, 4.69) is 60.2 Å². The molecule has 0 aliphatic carbocycles. The second-order valence-electron chi connectivity index (χ2n) is 6.51. The normalized spacial score (nSPS) is 12.7. The van der Waals surface area contributed by atoms with Crippen LogP contribution in [-0.4, -0.2) is 22.5 Å². The summed E-state index contributed by atoms with van der Waals surface area (Å²) in [7, 11) is 0. The van der Waals surface area contributed by atoms with Crippen molar-refractivity contribution >= 4 is 16.3 Å². The minimum atomic E-state index is 0.300. The maximum absolute atomic E-state index is 4.68. The average molecular weight is 279 g/mol. The third-order valence-electron chi connectivity index (χ3n) is 3.33. The van der Waals surface area contributed by atoms with Crippen LogP contribution in [0, 0.1) is 11.3 Å². The Balaban J connectivity index is 1.84. The van der Waals surface area contributed by atoms with Crippen LogP contribution >= 0.6 is 11.3 Å². The average Bonchev–Trinajstić information content (AvgIpc) is 2.84. The Hall–Kier alpha value is -0.870. The Labute approximate surface area is 120 Å². The highest BCUT2D eigenvalue weighted by molar-refractivity contribution is 7.15. The summed E-state index contributed by atoms with van der Waals surface area (Å²) in [6, 6.07) is 0. The molecule has 2 aromatic rings. The fourth-order valence-corrected chi connectivity index (χ4v) is 2.98. The first-order chi connectivity index (χ1) is 8.96. The molecule has 0 saturated carbocycles. The molecule has 4 heteroatoms. The molecule has 0 atom stereocenters. The number of hydrogen-bond acceptors (Lipinski definition) is 3. The molecule has 0 spiro atoms. The topological polar surface area (TPSA) is 29.3 Å². The van der Waals surface area contributed by atoms with E-state index in [9.17, 15) is 0 Å². The summed E-state index contributed by atoms with van der Waals surface area (Å²) in [4.78, 5) is 5.78. The lowest BCUT2D eigenvalue weighted by atomic mass is 9.84. The molecular formula is C15H25N3S. The molecule has 0 bridgehead atoms. The lowest BCUT2D eigenvalue weighted by molar-refractivity contribution is 0.320. The molecule has 0 unspecified atom stereocenters. The predicted octanol–water partition coefficient (Wildman–Crippen LogP) is 3.60. The van der Waals surface area contributed by atoms with E-state index < -0.39 is 0 Å². The predicted molar refractivity (Wildman–Crippen MR) is 82.9 cm³/mol. The molecule has 0 aliphatic heterocycles. The van der Waals surface area contributed by atoms with Crippen LogP contribution in [-0.2, 0) is 6.42 Å². The monoisotopic (exact) mass is 279 g/mol. The van der Waals surface area contributed by atoms with Gasteiger partial charge in [0.2, 0.25) is 0 Å². The van der Waals surface area contributed by atoms with Crippen molar-refractivity contribution in [3.05, 3.63) is 23.5 Å². The van der Waals surface area contributed by atoms with E-state index in [0.717, 1.165) is 30.4 Å². The molecule has 0 aromatic carbocycles. The molecule has 0 fully saturated rings. The van der Waals surface area contributed by atoms with Crippen molar-refractivity contribution in [2.75, 3.05) is 13.1 Å². The van der Waals surface area contributed by atoms with Gasteiger partial charge in [0.25, 0.3) is 0 Å². The Morgan fingerprint density at radius 2 is 2.21 bits per heavy atom. The fraction of sp³-hybridized carbons (Fsp3) is 0.667. The van der Waals surface area contributed by atoms with Gasteiger partial charge in [-0.1, -0.05) is 27.7 Å². The van der Waals surface area contributed by atoms with Gasteiger partial charge in [0.1, 0.15) is 0 Å². The van der Waals surface area contributed by atoms with Crippen molar-refractivity contribution in [2.45, 2.75) is 40.5 Å². The van der Waals surface area contributed by atoms with Gasteiger partial charge in [0, 0.05) is 17.8 Å². The molecular weight excluding hydrogens is 254 g/mol. The van der Waals surface area contributed by atoms with E-state index in [-0.39, 0.29) is 0 Å². The zero-order valence-corrected chi connectivity index (χ0v) is 13.3. The number of rotatable bonds is 7. The molecule has 0 saturated heterocycles. The van der Waals surface area contributed by atoms with Gasteiger partial charge < -0.3 is 5.32 Å². The van der Waals surface area contributed by atoms with Crippen molar-refractivity contribution < 1.29 is 0 Å². The van der Waals surface area contributed by atoms with E-state index >= 15 is 0 Å². The van der Waals surface area contributed by atoms with E-state index in [1.54, 1.807) is 11.3 Å². The molecule has 106 valence electrons. The van der Waals surface area contributed by atoms with Crippen molar-refractivity contribution in [3.8, 4) is 0 Å². The van der Waals surface area contributed by atoms with Gasteiger partial charge in [-0.2, -0.15) is 0 Å². The Morgan fingerprint density at radius 3 is 2.89 bits per heavy atom. The van der Waals surface area contributed by atoms with Gasteiger partial charge in [-0.25, -0.2) is 4.98 Å². The molecule has 19 heavy (non-hydrogen) atoms. The smallest absolute Gasteiger partial charge is 0.193 e. The molecule has 0 aliphatic rings. The second kappa shape index (κ2) is 6.06. The minimum Gasteiger partial charge on any atom is -0.316 e. The standard InChI is InChI=1S/C15H25N3S/c1-12(2)10-16-6-5-15(3,4)9-13-11-18-7-8-19-14(18)17-13/h7-8,11-12,16H,5-6,9-10H2,1-4H3. The molecule has 2 aromatic heterocycles. The number of imidazole rings is 1. The van der Waals surface area contributed by atoms with E-state index in [1.807, 2.05) is 0 Å². The third-order valence-corrected chi connectivity index (χ3v) is 4.10. The zero-order valence-electron chi connectivity index (χ0n) is 12.4. The molecule has 1 N–H and O–H groups in total. The quantitative estimate of drug-likeness (QED) is 0.785. The zero-order chi connectivity index (χ0) is 13.9. The van der Waals surface area contributed by atoms with Crippen LogP contribution in [0.1, 0.15) is 39.8 Å². The first-order valence-corrected chi connectivity index (χ1v) is 7.96. The summed E-state index contributed by atoms with van der Waals surface area (Å²) in [6.45, 7) is 11.4. The number of hydrogen-bond donors (Lipinski definition) is 1. The van der Waals surface area contributed by atoms with Crippen molar-refractivity contribution in [2.24, 2.45) is 11.3 Å². The summed E-state index contributed by atoms with van der Waals surface area (Å²) in [6.07, 6.45) is 6.47. The second-order valence-corrected chi connectivity index (χ2v) is 7.39. The van der Waals surface area contributed by atoms with Crippen LogP contribution in [0.5, 0.6) is 0 Å². The van der Waals surface area contributed by atoms with E-state index in [1.165, 1.54) is 12.1 Å². The van der Waals surface area contributed by atoms with Gasteiger partial charge in [0.05, 0.1) is 5.69 Å². The summed E-state index contributed by atoms with van der Waals surface area (Å²) in [5.41, 5.74) is 1.51. The largest absolute Gasteiger partial charge is 0.316 e. The molecule has 0 amide bonds. The third kappa shape index (κ3) is 4.32. The number of nitrogens with zero attached hydrogens (tertiary/aromatic N) is 2. The van der Waals surface area contributed by atoms with Crippen LogP contribution in [0.2, 0.25) is 0 Å². The van der Waals surface area contributed by atoms with Crippen molar-refractivity contribution in [1.29, 1.82) is 0 Å². The highest BCUT2D eigenvalue weighted by atomic mass is 32.1. The number of fused-ring (bicyclic) bond motifs is 1. The van der Waals surface area contributed by atoms with Crippen molar-refractivity contribution in [1.82, 2.24) is 14.7 Å². The first kappa shape index (κ1) is 14.5. The summed E-state index contributed by atoms with van der Waals surface area (Å²) in [5, 5.41) is 5.60. The fourth-order valence-electron chi connectivity index (χ4n) is 2.26. The Kier molecular flexibility index (Phi) is 4.63. The number of nitrogens with one attached hydrogen (secondary N) is 1. The summed E-state index contributed by atoms with van der Waals surface area (Å²) < 4.78 is 2.12. The van der Waals surface area contributed by atoms with Gasteiger partial charge in [-0.3, -0.25) is 4.40 Å². The maximum atomic E-state index is 4.68. The van der Waals surface area contributed by atoms with Crippen LogP contribution < -0.4 is 5.32 Å². The van der Waals surface area contributed by atoms with Crippen LogP contribution in [0.3, 0.4) is 0 Å². The van der Waals surface area contributed by atoms with Crippen LogP contribution in [0.25, 0.3) is 4.96 Å². The molecule has 0 radical (unpaired) electrons. The minimum absolute atomic E-state index is 0.300. The van der Waals surface area contributed by atoms with Gasteiger partial charge in [-0.05, 0) is 37.3 Å². The lowest BCUT2D eigenvalue weighted by Gasteiger charge is -2.24. The molecule has 2 rings (SSSR count). The summed E-state index contributed by atoms with van der Waals surface area (Å²) >= 11 is 1.70. The number of thiazole rings is 1. The van der Waals surface area contributed by atoms with E-state index in [0.29, 0.717) is 5.41 Å². The molecule has 3 nitrogen and oxygen atoms in total. The van der Waals surface area contributed by atoms with Crippen LogP contribution in [0.15, 0.2) is 17.8 Å². The van der Waals surface area contributed by atoms with Crippen LogP contribution in [0.4, 0.5) is 0 Å². The molecule has 2 heterocycles. The van der Waals surface area contributed by atoms with Gasteiger partial charge in [0.15, 0.2) is 4.96 Å². The first-order valence-electron chi connectivity index (χ1n) is 7.08. The Bertz CT molecular complexity index is 482. The van der Waals surface area contributed by atoms with Gasteiger partial charge in [-0.15, -0.1) is 11.3 Å². The SMILES string of the molecule is CC(C)CNCCC(C)(C)Cc1cn2ccsc2n1. The maximum Gasteiger partial charge on any atom is 0.193 e. The van der Waals surface area contributed by atoms with Crippen molar-refractivity contribution in [3.63, 3.8) is 0 Å².